The van der Waals surface area contributed by atoms with E-state index in [1.165, 1.54) is 5.56 Å². The fraction of sp³-hybridized carbons (Fsp3) is 0.385. The monoisotopic (exact) mass is 438 g/mol. The second-order valence-electron chi connectivity index (χ2n) is 8.81. The molecule has 2 fully saturated rings. The van der Waals surface area contributed by atoms with E-state index in [-0.39, 0.29) is 29.9 Å². The molecule has 0 unspecified atom stereocenters. The summed E-state index contributed by atoms with van der Waals surface area (Å²) in [6.45, 7) is 0.357. The van der Waals surface area contributed by atoms with E-state index in [4.69, 9.17) is 5.73 Å². The Balaban J connectivity index is 0.00000231. The van der Waals surface area contributed by atoms with Crippen molar-refractivity contribution in [1.82, 2.24) is 4.98 Å². The van der Waals surface area contributed by atoms with Crippen LogP contribution in [0.25, 0.3) is 10.8 Å². The number of hydrogen-bond acceptors (Lipinski definition) is 3. The Bertz CT molecular complexity index is 1100. The van der Waals surface area contributed by atoms with Gasteiger partial charge in [-0.1, -0.05) is 36.4 Å². The Morgan fingerprint density at radius 3 is 2.16 bits per heavy atom. The van der Waals surface area contributed by atoms with Gasteiger partial charge in [0.1, 0.15) is 11.5 Å². The summed E-state index contributed by atoms with van der Waals surface area (Å²) in [5, 5.41) is 1.69. The van der Waals surface area contributed by atoms with Crippen LogP contribution in [-0.4, -0.2) is 10.8 Å². The molecular weight excluding hydrogens is 411 g/mol. The van der Waals surface area contributed by atoms with Crippen LogP contribution in [-0.2, 0) is 6.54 Å². The SMILES string of the molecule is Cl.NCc1ccc(C2CC2)c(C(=O)C2CCC(c3ccc(F)c4ccccc34)CC2)n1. The third-order valence-corrected chi connectivity index (χ3v) is 6.89. The zero-order chi connectivity index (χ0) is 20.7. The average Bonchev–Trinajstić information content (AvgIpc) is 3.64. The normalized spacial score (nSPS) is 21.0. The number of fused-ring (bicyclic) bond motifs is 1. The molecule has 2 aromatic carbocycles. The first-order valence-electron chi connectivity index (χ1n) is 11.1. The maximum absolute atomic E-state index is 14.2. The smallest absolute Gasteiger partial charge is 0.184 e. The fourth-order valence-electron chi connectivity index (χ4n) is 5.05. The lowest BCUT2D eigenvalue weighted by Gasteiger charge is -2.29. The molecule has 2 aliphatic rings. The van der Waals surface area contributed by atoms with E-state index >= 15 is 0 Å². The van der Waals surface area contributed by atoms with Crippen LogP contribution < -0.4 is 5.73 Å². The second-order valence-corrected chi connectivity index (χ2v) is 8.81. The first-order valence-corrected chi connectivity index (χ1v) is 11.1. The molecule has 2 aliphatic carbocycles. The molecule has 1 aromatic heterocycles. The molecule has 2 saturated carbocycles. The highest BCUT2D eigenvalue weighted by molar-refractivity contribution is 5.98. The zero-order valence-electron chi connectivity index (χ0n) is 17.5. The van der Waals surface area contributed by atoms with Gasteiger partial charge in [-0.3, -0.25) is 4.79 Å². The highest BCUT2D eigenvalue weighted by Gasteiger charge is 2.34. The molecule has 0 atom stereocenters. The summed E-state index contributed by atoms with van der Waals surface area (Å²) < 4.78 is 14.2. The number of hydrogen-bond donors (Lipinski definition) is 1. The van der Waals surface area contributed by atoms with Crippen molar-refractivity contribution >= 4 is 29.0 Å². The molecule has 0 saturated heterocycles. The molecule has 3 nitrogen and oxygen atoms in total. The standard InChI is InChI=1S/C26H27FN2O.ClH/c27-24-14-13-20(22-3-1-2-4-23(22)24)16-7-9-18(10-8-16)26(30)25-21(17-5-6-17)12-11-19(15-28)29-25;/h1-4,11-14,16-18H,5-10,15,28H2;1H. The quantitative estimate of drug-likeness (QED) is 0.476. The Morgan fingerprint density at radius 1 is 0.871 bits per heavy atom. The van der Waals surface area contributed by atoms with Gasteiger partial charge in [0.2, 0.25) is 0 Å². The number of carbonyl (C=O) groups is 1. The first-order chi connectivity index (χ1) is 14.7. The maximum atomic E-state index is 14.2. The van der Waals surface area contributed by atoms with Gasteiger partial charge in [-0.25, -0.2) is 9.37 Å². The van der Waals surface area contributed by atoms with Crippen LogP contribution in [0.15, 0.2) is 48.5 Å². The number of aromatic nitrogens is 1. The van der Waals surface area contributed by atoms with Crippen LogP contribution in [0.3, 0.4) is 0 Å². The number of pyridine rings is 1. The Kier molecular flexibility index (Phi) is 6.40. The van der Waals surface area contributed by atoms with Gasteiger partial charge in [0, 0.05) is 17.8 Å². The van der Waals surface area contributed by atoms with Gasteiger partial charge in [-0.2, -0.15) is 0 Å². The van der Waals surface area contributed by atoms with Crippen LogP contribution in [0, 0.1) is 11.7 Å². The lowest BCUT2D eigenvalue weighted by molar-refractivity contribution is 0.0877. The van der Waals surface area contributed by atoms with Gasteiger partial charge in [0.25, 0.3) is 0 Å². The van der Waals surface area contributed by atoms with Crippen molar-refractivity contribution in [2.24, 2.45) is 11.7 Å². The Hall–Kier alpha value is -2.30. The summed E-state index contributed by atoms with van der Waals surface area (Å²) in [5.41, 5.74) is 9.55. The number of benzene rings is 2. The van der Waals surface area contributed by atoms with Crippen LogP contribution in [0.2, 0.25) is 0 Å². The van der Waals surface area contributed by atoms with E-state index in [1.54, 1.807) is 6.07 Å². The summed E-state index contributed by atoms with van der Waals surface area (Å²) >= 11 is 0. The minimum absolute atomic E-state index is 0. The molecule has 2 N–H and O–H groups in total. The van der Waals surface area contributed by atoms with E-state index in [0.717, 1.165) is 55.2 Å². The molecule has 162 valence electrons. The van der Waals surface area contributed by atoms with Crippen molar-refractivity contribution in [3.63, 3.8) is 0 Å². The zero-order valence-corrected chi connectivity index (χ0v) is 18.3. The number of halogens is 2. The van der Waals surface area contributed by atoms with Gasteiger partial charge >= 0.3 is 0 Å². The van der Waals surface area contributed by atoms with Gasteiger partial charge < -0.3 is 5.73 Å². The van der Waals surface area contributed by atoms with Gasteiger partial charge in [-0.15, -0.1) is 12.4 Å². The second kappa shape index (κ2) is 9.05. The number of carbonyl (C=O) groups excluding carboxylic acids is 1. The Labute approximate surface area is 188 Å². The van der Waals surface area contributed by atoms with Crippen molar-refractivity contribution in [3.8, 4) is 0 Å². The van der Waals surface area contributed by atoms with E-state index in [1.807, 2.05) is 36.4 Å². The van der Waals surface area contributed by atoms with Crippen molar-refractivity contribution in [3.05, 3.63) is 76.9 Å². The molecule has 0 amide bonds. The van der Waals surface area contributed by atoms with Gasteiger partial charge in [0.05, 0.1) is 5.69 Å². The fourth-order valence-corrected chi connectivity index (χ4v) is 5.05. The maximum Gasteiger partial charge on any atom is 0.184 e. The summed E-state index contributed by atoms with van der Waals surface area (Å²) in [6, 6.07) is 15.2. The van der Waals surface area contributed by atoms with Crippen molar-refractivity contribution in [2.45, 2.75) is 56.9 Å². The highest BCUT2D eigenvalue weighted by atomic mass is 35.5. The lowest BCUT2D eigenvalue weighted by Crippen LogP contribution is -2.24. The largest absolute Gasteiger partial charge is 0.325 e. The molecule has 5 heteroatoms. The van der Waals surface area contributed by atoms with E-state index in [0.29, 0.717) is 29.5 Å². The molecule has 5 rings (SSSR count). The van der Waals surface area contributed by atoms with Crippen LogP contribution in [0.5, 0.6) is 0 Å². The molecule has 3 aromatic rings. The van der Waals surface area contributed by atoms with Crippen LogP contribution in [0.1, 0.15) is 77.7 Å². The summed E-state index contributed by atoms with van der Waals surface area (Å²) in [4.78, 5) is 18.0. The van der Waals surface area contributed by atoms with Gasteiger partial charge in [-0.05, 0) is 79.0 Å². The summed E-state index contributed by atoms with van der Waals surface area (Å²) in [7, 11) is 0. The Morgan fingerprint density at radius 2 is 1.48 bits per heavy atom. The highest BCUT2D eigenvalue weighted by Crippen LogP contribution is 2.44. The van der Waals surface area contributed by atoms with Crippen LogP contribution in [0.4, 0.5) is 4.39 Å². The number of ketones is 1. The third-order valence-electron chi connectivity index (χ3n) is 6.89. The van der Waals surface area contributed by atoms with Crippen molar-refractivity contribution in [2.75, 3.05) is 0 Å². The van der Waals surface area contributed by atoms with E-state index in [2.05, 4.69) is 11.1 Å². The number of nitrogens with two attached hydrogens (primary N) is 1. The molecule has 31 heavy (non-hydrogen) atoms. The molecular formula is C26H28ClFN2O. The number of Topliss-reactive ketones (excluding diaryl/α,β-unsaturated/α-hetero) is 1. The van der Waals surface area contributed by atoms with Gasteiger partial charge in [0.15, 0.2) is 5.78 Å². The van der Waals surface area contributed by atoms with Crippen LogP contribution >= 0.6 is 12.4 Å². The van der Waals surface area contributed by atoms with Crippen molar-refractivity contribution < 1.29 is 9.18 Å². The summed E-state index contributed by atoms with van der Waals surface area (Å²) in [5.74, 6) is 0.897. The third kappa shape index (κ3) is 4.24. The molecule has 1 heterocycles. The predicted molar refractivity (Wildman–Crippen MR) is 124 cm³/mol. The lowest BCUT2D eigenvalue weighted by atomic mass is 9.75. The topological polar surface area (TPSA) is 56.0 Å². The minimum Gasteiger partial charge on any atom is -0.325 e. The van der Waals surface area contributed by atoms with Crippen molar-refractivity contribution in [1.29, 1.82) is 0 Å². The predicted octanol–water partition coefficient (Wildman–Crippen LogP) is 6.29. The van der Waals surface area contributed by atoms with E-state index in [9.17, 15) is 9.18 Å². The minimum atomic E-state index is -0.170. The molecule has 0 bridgehead atoms. The first kappa shape index (κ1) is 21.9. The summed E-state index contributed by atoms with van der Waals surface area (Å²) in [6.07, 6.45) is 5.90. The molecule has 0 radical (unpaired) electrons. The molecule has 0 spiro atoms. The number of rotatable bonds is 5. The number of nitrogens with zero attached hydrogens (tertiary/aromatic N) is 1. The average molecular weight is 439 g/mol. The van der Waals surface area contributed by atoms with E-state index < -0.39 is 0 Å². The molecule has 0 aliphatic heterocycles.